The van der Waals surface area contributed by atoms with Crippen LogP contribution in [0.2, 0.25) is 0 Å². The Morgan fingerprint density at radius 2 is 2.22 bits per heavy atom. The van der Waals surface area contributed by atoms with E-state index in [1.807, 2.05) is 31.9 Å². The zero-order chi connectivity index (χ0) is 7.28. The fourth-order valence-electron chi connectivity index (χ4n) is 0.646. The maximum absolute atomic E-state index is 6.59. The summed E-state index contributed by atoms with van der Waals surface area (Å²) in [5, 5.41) is 6.59. The molecule has 0 fully saturated rings. The van der Waals surface area contributed by atoms with E-state index in [-0.39, 0.29) is 6.17 Å². The monoisotopic (exact) mass is 127 g/mol. The number of aliphatic imine (C=N–C) groups is 1. The predicted octanol–water partition coefficient (Wildman–Crippen LogP) is 1.04. The second-order valence-electron chi connectivity index (χ2n) is 2.09. The fourth-order valence-corrected chi connectivity index (χ4v) is 0.646. The summed E-state index contributed by atoms with van der Waals surface area (Å²) in [7, 11) is 3.88. The average Bonchev–Trinajstić information content (AvgIpc) is 1.82. The van der Waals surface area contributed by atoms with Gasteiger partial charge in [0.15, 0.2) is 0 Å². The third kappa shape index (κ3) is 3.01. The van der Waals surface area contributed by atoms with Crippen molar-refractivity contribution < 1.29 is 0 Å². The Morgan fingerprint density at radius 3 is 2.33 bits per heavy atom. The maximum atomic E-state index is 6.59. The summed E-state index contributed by atoms with van der Waals surface area (Å²) in [5.41, 5.74) is 0. The number of nitrogens with zero attached hydrogens (tertiary/aromatic N) is 2. The molecule has 52 valence electrons. The summed E-state index contributed by atoms with van der Waals surface area (Å²) in [6, 6.07) is 2.03. The first kappa shape index (κ1) is 8.34. The molecule has 0 heterocycles. The van der Waals surface area contributed by atoms with Crippen LogP contribution >= 0.6 is 0 Å². The Labute approximate surface area is 55.9 Å². The molecule has 0 radical (unpaired) electrons. The Bertz CT molecular complexity index is 113. The normalized spacial score (nSPS) is 12.9. The van der Waals surface area contributed by atoms with Crippen LogP contribution < -0.4 is 0 Å². The third-order valence-corrected chi connectivity index (χ3v) is 1.17. The van der Waals surface area contributed by atoms with E-state index in [0.29, 0.717) is 0 Å². The maximum Gasteiger partial charge on any atom is 0.112 e. The van der Waals surface area contributed by atoms with Crippen molar-refractivity contribution in [2.45, 2.75) is 19.5 Å². The Balaban J connectivity index is 3.82. The van der Waals surface area contributed by atoms with Gasteiger partial charge in [-0.25, -0.2) is 10.4 Å². The van der Waals surface area contributed by atoms with Crippen molar-refractivity contribution in [1.82, 2.24) is 4.90 Å². The molecule has 9 heavy (non-hydrogen) atoms. The van der Waals surface area contributed by atoms with Crippen molar-refractivity contribution in [2.75, 3.05) is 14.1 Å². The SMILES string of the molecule is CCC(N=C=N)N(C)C. The van der Waals surface area contributed by atoms with Gasteiger partial charge in [-0.15, -0.1) is 0 Å². The molecule has 0 saturated heterocycles. The highest BCUT2D eigenvalue weighted by Gasteiger charge is 2.03. The van der Waals surface area contributed by atoms with E-state index < -0.39 is 0 Å². The van der Waals surface area contributed by atoms with E-state index in [1.54, 1.807) is 0 Å². The molecule has 1 atom stereocenters. The zero-order valence-corrected chi connectivity index (χ0v) is 6.18. The largest absolute Gasteiger partial charge is 0.287 e. The van der Waals surface area contributed by atoms with Crippen LogP contribution in [-0.2, 0) is 0 Å². The van der Waals surface area contributed by atoms with Crippen LogP contribution in [0, 0.1) is 5.41 Å². The lowest BCUT2D eigenvalue weighted by atomic mass is 10.4. The Kier molecular flexibility index (Phi) is 3.93. The molecule has 0 saturated carbocycles. The lowest BCUT2D eigenvalue weighted by Gasteiger charge is -2.15. The first-order valence-electron chi connectivity index (χ1n) is 3.00. The highest BCUT2D eigenvalue weighted by molar-refractivity contribution is 5.36. The molecular weight excluding hydrogens is 114 g/mol. The van der Waals surface area contributed by atoms with Gasteiger partial charge in [0.25, 0.3) is 0 Å². The molecule has 0 aromatic heterocycles. The minimum absolute atomic E-state index is 0.127. The van der Waals surface area contributed by atoms with Gasteiger partial charge < -0.3 is 0 Å². The van der Waals surface area contributed by atoms with E-state index in [2.05, 4.69) is 4.99 Å². The topological polar surface area (TPSA) is 39.5 Å². The molecule has 1 N–H and O–H groups in total. The van der Waals surface area contributed by atoms with Crippen LogP contribution in [0.15, 0.2) is 4.99 Å². The molecule has 0 aliphatic heterocycles. The fraction of sp³-hybridized carbons (Fsp3) is 0.833. The van der Waals surface area contributed by atoms with Crippen LogP contribution in [0.1, 0.15) is 13.3 Å². The smallest absolute Gasteiger partial charge is 0.112 e. The van der Waals surface area contributed by atoms with E-state index >= 15 is 0 Å². The highest BCUT2D eigenvalue weighted by atomic mass is 15.2. The summed E-state index contributed by atoms with van der Waals surface area (Å²) in [6.45, 7) is 2.03. The molecule has 0 bridgehead atoms. The summed E-state index contributed by atoms with van der Waals surface area (Å²) in [4.78, 5) is 5.74. The molecule has 0 rings (SSSR count). The van der Waals surface area contributed by atoms with Crippen LogP contribution in [0.4, 0.5) is 0 Å². The number of rotatable bonds is 3. The minimum atomic E-state index is 0.127. The van der Waals surface area contributed by atoms with Gasteiger partial charge in [0.2, 0.25) is 0 Å². The van der Waals surface area contributed by atoms with E-state index in [9.17, 15) is 0 Å². The van der Waals surface area contributed by atoms with Gasteiger partial charge in [-0.1, -0.05) is 6.92 Å². The van der Waals surface area contributed by atoms with Crippen molar-refractivity contribution in [2.24, 2.45) is 4.99 Å². The second kappa shape index (κ2) is 4.24. The van der Waals surface area contributed by atoms with Crippen LogP contribution in [0.25, 0.3) is 0 Å². The van der Waals surface area contributed by atoms with E-state index in [0.717, 1.165) is 6.42 Å². The quantitative estimate of drug-likeness (QED) is 0.565. The third-order valence-electron chi connectivity index (χ3n) is 1.17. The zero-order valence-electron chi connectivity index (χ0n) is 6.18. The van der Waals surface area contributed by atoms with Crippen LogP contribution in [0.3, 0.4) is 0 Å². The lowest BCUT2D eigenvalue weighted by molar-refractivity contribution is 0.296. The summed E-state index contributed by atoms with van der Waals surface area (Å²) < 4.78 is 0. The molecule has 1 unspecified atom stereocenters. The van der Waals surface area contributed by atoms with E-state index in [4.69, 9.17) is 5.41 Å². The lowest BCUT2D eigenvalue weighted by Crippen LogP contribution is -2.24. The Morgan fingerprint density at radius 1 is 1.67 bits per heavy atom. The standard InChI is InChI=1S/C6H13N3/c1-4-6(8-5-7)9(2)3/h6-7H,4H2,1-3H3. The van der Waals surface area contributed by atoms with Gasteiger partial charge in [0, 0.05) is 0 Å². The molecule has 0 aliphatic rings. The van der Waals surface area contributed by atoms with E-state index in [1.165, 1.54) is 0 Å². The van der Waals surface area contributed by atoms with Crippen molar-refractivity contribution in [1.29, 1.82) is 5.41 Å². The molecule has 0 aromatic rings. The predicted molar refractivity (Wildman–Crippen MR) is 37.9 cm³/mol. The average molecular weight is 127 g/mol. The number of hydrogen-bond acceptors (Lipinski definition) is 3. The highest BCUT2D eigenvalue weighted by Crippen LogP contribution is 1.97. The molecule has 0 aliphatic carbocycles. The van der Waals surface area contributed by atoms with Gasteiger partial charge in [0.05, 0.1) is 6.01 Å². The van der Waals surface area contributed by atoms with Gasteiger partial charge in [-0.2, -0.15) is 0 Å². The molecule has 0 spiro atoms. The first-order valence-corrected chi connectivity index (χ1v) is 3.00. The van der Waals surface area contributed by atoms with Crippen molar-refractivity contribution in [3.63, 3.8) is 0 Å². The molecular formula is C6H13N3. The number of nitrogens with one attached hydrogen (secondary N) is 1. The minimum Gasteiger partial charge on any atom is -0.287 e. The van der Waals surface area contributed by atoms with Gasteiger partial charge in [0.1, 0.15) is 6.17 Å². The second-order valence-corrected chi connectivity index (χ2v) is 2.09. The summed E-state index contributed by atoms with van der Waals surface area (Å²) >= 11 is 0. The van der Waals surface area contributed by atoms with Crippen molar-refractivity contribution in [3.8, 4) is 0 Å². The first-order chi connectivity index (χ1) is 4.22. The van der Waals surface area contributed by atoms with Crippen molar-refractivity contribution in [3.05, 3.63) is 0 Å². The summed E-state index contributed by atoms with van der Waals surface area (Å²) in [5.74, 6) is 0. The number of hydrogen-bond donors (Lipinski definition) is 1. The molecule has 0 aromatic carbocycles. The molecule has 0 amide bonds. The van der Waals surface area contributed by atoms with Crippen LogP contribution in [0.5, 0.6) is 0 Å². The van der Waals surface area contributed by atoms with Crippen molar-refractivity contribution >= 4 is 6.01 Å². The van der Waals surface area contributed by atoms with Crippen LogP contribution in [-0.4, -0.2) is 31.2 Å². The molecule has 3 heteroatoms. The van der Waals surface area contributed by atoms with Gasteiger partial charge in [-0.3, -0.25) is 4.90 Å². The van der Waals surface area contributed by atoms with Gasteiger partial charge in [-0.05, 0) is 20.5 Å². The molecule has 3 nitrogen and oxygen atoms in total. The summed E-state index contributed by atoms with van der Waals surface area (Å²) in [6.07, 6.45) is 1.06. The Hall–Kier alpha value is -0.660. The van der Waals surface area contributed by atoms with Gasteiger partial charge >= 0.3 is 0 Å².